The van der Waals surface area contributed by atoms with E-state index in [1.54, 1.807) is 0 Å². The molecule has 2 saturated heterocycles. The van der Waals surface area contributed by atoms with Gasteiger partial charge in [-0.05, 0) is 37.8 Å². The fourth-order valence-corrected chi connectivity index (χ4v) is 3.54. The second-order valence-corrected chi connectivity index (χ2v) is 6.83. The summed E-state index contributed by atoms with van der Waals surface area (Å²) in [4.78, 5) is 14.8. The molecule has 2 aliphatic rings. The van der Waals surface area contributed by atoms with E-state index in [0.29, 0.717) is 33.0 Å². The molecule has 9 heteroatoms. The van der Waals surface area contributed by atoms with Gasteiger partial charge in [0.2, 0.25) is 5.91 Å². The number of hydrogen-bond donors (Lipinski definition) is 2. The molecule has 2 atom stereocenters. The highest BCUT2D eigenvalue weighted by atomic mass is 35.5. The van der Waals surface area contributed by atoms with Crippen molar-refractivity contribution in [3.05, 3.63) is 23.7 Å². The lowest BCUT2D eigenvalue weighted by atomic mass is 9.92. The van der Waals surface area contributed by atoms with Crippen LogP contribution in [0.15, 0.2) is 16.5 Å². The van der Waals surface area contributed by atoms with Crippen LogP contribution < -0.4 is 11.1 Å². The fraction of sp³-hybridized carbons (Fsp3) is 0.722. The maximum absolute atomic E-state index is 12.5. The van der Waals surface area contributed by atoms with Crippen molar-refractivity contribution in [1.29, 1.82) is 0 Å². The Kier molecular flexibility index (Phi) is 10.7. The minimum absolute atomic E-state index is 0. The molecule has 0 radical (unpaired) electrons. The smallest absolute Gasteiger partial charge is 0.237 e. The normalized spacial score (nSPS) is 20.8. The van der Waals surface area contributed by atoms with Crippen LogP contribution in [0.3, 0.4) is 0 Å². The van der Waals surface area contributed by atoms with E-state index < -0.39 is 6.04 Å². The summed E-state index contributed by atoms with van der Waals surface area (Å²) in [6, 6.07) is 3.47. The number of amides is 1. The second kappa shape index (κ2) is 11.9. The van der Waals surface area contributed by atoms with Gasteiger partial charge in [-0.15, -0.1) is 24.8 Å². The van der Waals surface area contributed by atoms with Gasteiger partial charge in [0.1, 0.15) is 11.5 Å². The largest absolute Gasteiger partial charge is 0.465 e. The number of halogens is 2. The van der Waals surface area contributed by atoms with Gasteiger partial charge in [0.25, 0.3) is 0 Å². The summed E-state index contributed by atoms with van der Waals surface area (Å²) in [5.41, 5.74) is 6.17. The molecule has 3 heterocycles. The molecular formula is C18H31Cl2N3O4. The highest BCUT2D eigenvalue weighted by Crippen LogP contribution is 2.24. The molecule has 3 rings (SSSR count). The third-order valence-corrected chi connectivity index (χ3v) is 5.12. The zero-order chi connectivity index (χ0) is 17.6. The van der Waals surface area contributed by atoms with Crippen molar-refractivity contribution in [3.63, 3.8) is 0 Å². The Bertz CT molecular complexity index is 561. The summed E-state index contributed by atoms with van der Waals surface area (Å²) in [6.45, 7) is 6.85. The number of furan rings is 1. The van der Waals surface area contributed by atoms with Crippen molar-refractivity contribution in [1.82, 2.24) is 10.2 Å². The van der Waals surface area contributed by atoms with E-state index in [1.165, 1.54) is 0 Å². The molecule has 0 spiro atoms. The van der Waals surface area contributed by atoms with Gasteiger partial charge < -0.3 is 24.9 Å². The molecule has 2 unspecified atom stereocenters. The van der Waals surface area contributed by atoms with Gasteiger partial charge in [-0.1, -0.05) is 0 Å². The van der Waals surface area contributed by atoms with Crippen molar-refractivity contribution < 1.29 is 18.7 Å². The summed E-state index contributed by atoms with van der Waals surface area (Å²) < 4.78 is 16.6. The van der Waals surface area contributed by atoms with Crippen LogP contribution in [0.1, 0.15) is 30.4 Å². The number of carbonyl (C=O) groups excluding carboxylic acids is 1. The molecule has 0 aliphatic carbocycles. The van der Waals surface area contributed by atoms with Crippen LogP contribution in [0, 0.1) is 12.8 Å². The Morgan fingerprint density at radius 1 is 1.19 bits per heavy atom. The number of nitrogens with two attached hydrogens (primary N) is 1. The van der Waals surface area contributed by atoms with E-state index >= 15 is 0 Å². The summed E-state index contributed by atoms with van der Waals surface area (Å²) in [7, 11) is 0. The first kappa shape index (κ1) is 24.2. The minimum atomic E-state index is -0.479. The molecule has 0 bridgehead atoms. The summed E-state index contributed by atoms with van der Waals surface area (Å²) in [6.07, 6.45) is 1.69. The number of ether oxygens (including phenoxy) is 2. The lowest BCUT2D eigenvalue weighted by Gasteiger charge is -2.34. The monoisotopic (exact) mass is 423 g/mol. The van der Waals surface area contributed by atoms with Crippen LogP contribution in [0.2, 0.25) is 0 Å². The molecule has 0 aromatic carbocycles. The van der Waals surface area contributed by atoms with Crippen LogP contribution in [0.5, 0.6) is 0 Å². The topological polar surface area (TPSA) is 90.0 Å². The molecular weight excluding hydrogens is 393 g/mol. The second-order valence-electron chi connectivity index (χ2n) is 6.83. The standard InChI is InChI=1S/C18H29N3O4.2ClH/c1-13-2-3-16(25-13)15(21-6-10-24-11-7-21)12-20-18(22)17(19)14-4-8-23-9-5-14;;/h2-3,14-15,17H,4-12,19H2,1H3,(H,20,22);2*1H. The van der Waals surface area contributed by atoms with E-state index in [4.69, 9.17) is 19.6 Å². The first-order valence-electron chi connectivity index (χ1n) is 9.14. The number of nitrogens with one attached hydrogen (secondary N) is 1. The van der Waals surface area contributed by atoms with Crippen molar-refractivity contribution in [2.24, 2.45) is 11.7 Å². The molecule has 0 saturated carbocycles. The SMILES string of the molecule is Cc1ccc(C(CNC(=O)C(N)C2CCOCC2)N2CCOCC2)o1.Cl.Cl. The van der Waals surface area contributed by atoms with Crippen LogP contribution in [0.4, 0.5) is 0 Å². The van der Waals surface area contributed by atoms with Gasteiger partial charge in [-0.3, -0.25) is 9.69 Å². The molecule has 1 aromatic rings. The Labute approximate surface area is 173 Å². The van der Waals surface area contributed by atoms with E-state index in [9.17, 15) is 4.79 Å². The third-order valence-electron chi connectivity index (χ3n) is 5.12. The predicted molar refractivity (Wildman–Crippen MR) is 108 cm³/mol. The van der Waals surface area contributed by atoms with E-state index in [-0.39, 0.29) is 42.7 Å². The Hall–Kier alpha value is -0.830. The number of nitrogens with zero attached hydrogens (tertiary/aromatic N) is 1. The van der Waals surface area contributed by atoms with E-state index in [2.05, 4.69) is 10.2 Å². The predicted octanol–water partition coefficient (Wildman–Crippen LogP) is 1.68. The maximum atomic E-state index is 12.5. The number of morpholine rings is 1. The third kappa shape index (κ3) is 6.62. The average Bonchev–Trinajstić information content (AvgIpc) is 3.09. The first-order chi connectivity index (χ1) is 12.1. The van der Waals surface area contributed by atoms with Gasteiger partial charge >= 0.3 is 0 Å². The van der Waals surface area contributed by atoms with Crippen LogP contribution in [0.25, 0.3) is 0 Å². The Balaban J connectivity index is 0.00000182. The number of carbonyl (C=O) groups is 1. The van der Waals surface area contributed by atoms with Crippen molar-refractivity contribution in [3.8, 4) is 0 Å². The molecule has 2 fully saturated rings. The molecule has 7 nitrogen and oxygen atoms in total. The van der Waals surface area contributed by atoms with E-state index in [0.717, 1.165) is 37.5 Å². The van der Waals surface area contributed by atoms with Crippen LogP contribution >= 0.6 is 24.8 Å². The van der Waals surface area contributed by atoms with Gasteiger partial charge in [0.15, 0.2) is 0 Å². The molecule has 1 amide bonds. The molecule has 27 heavy (non-hydrogen) atoms. The van der Waals surface area contributed by atoms with Crippen LogP contribution in [-0.4, -0.2) is 62.9 Å². The molecule has 2 aliphatic heterocycles. The van der Waals surface area contributed by atoms with Crippen molar-refractivity contribution in [2.75, 3.05) is 46.1 Å². The minimum Gasteiger partial charge on any atom is -0.465 e. The summed E-state index contributed by atoms with van der Waals surface area (Å²) >= 11 is 0. The molecule has 3 N–H and O–H groups in total. The van der Waals surface area contributed by atoms with Crippen molar-refractivity contribution in [2.45, 2.75) is 31.8 Å². The van der Waals surface area contributed by atoms with Gasteiger partial charge in [0.05, 0.1) is 25.3 Å². The van der Waals surface area contributed by atoms with Gasteiger partial charge in [-0.25, -0.2) is 0 Å². The lowest BCUT2D eigenvalue weighted by Crippen LogP contribution is -2.50. The zero-order valence-electron chi connectivity index (χ0n) is 15.7. The molecule has 156 valence electrons. The van der Waals surface area contributed by atoms with Gasteiger partial charge in [-0.2, -0.15) is 0 Å². The van der Waals surface area contributed by atoms with Crippen molar-refractivity contribution >= 4 is 30.7 Å². The number of hydrogen-bond acceptors (Lipinski definition) is 6. The Morgan fingerprint density at radius 3 is 2.41 bits per heavy atom. The number of rotatable bonds is 6. The first-order valence-corrected chi connectivity index (χ1v) is 9.14. The Morgan fingerprint density at radius 2 is 1.81 bits per heavy atom. The van der Waals surface area contributed by atoms with E-state index in [1.807, 2.05) is 19.1 Å². The average molecular weight is 424 g/mol. The molecule has 1 aromatic heterocycles. The van der Waals surface area contributed by atoms with Crippen LogP contribution in [-0.2, 0) is 14.3 Å². The fourth-order valence-electron chi connectivity index (χ4n) is 3.54. The quantitative estimate of drug-likeness (QED) is 0.722. The maximum Gasteiger partial charge on any atom is 0.237 e. The highest BCUT2D eigenvalue weighted by molar-refractivity contribution is 5.85. The zero-order valence-corrected chi connectivity index (χ0v) is 17.4. The lowest BCUT2D eigenvalue weighted by molar-refractivity contribution is -0.124. The summed E-state index contributed by atoms with van der Waals surface area (Å²) in [5.74, 6) is 1.85. The number of aryl methyl sites for hydroxylation is 1. The summed E-state index contributed by atoms with van der Waals surface area (Å²) in [5, 5.41) is 3.04. The van der Waals surface area contributed by atoms with Gasteiger partial charge in [0, 0.05) is 32.8 Å². The highest BCUT2D eigenvalue weighted by Gasteiger charge is 2.29.